The molecule has 2 heterocycles. The quantitative estimate of drug-likeness (QED) is 0.535. The van der Waals surface area contributed by atoms with Crippen LogP contribution < -0.4 is 4.90 Å². The number of aromatic nitrogens is 1. The number of carboxylic acids is 1. The molecular formula is C19H11F5N2O3S2. The van der Waals surface area contributed by atoms with Crippen molar-refractivity contribution in [3.8, 4) is 0 Å². The smallest absolute Gasteiger partial charge is 0.416 e. The van der Waals surface area contributed by atoms with Crippen molar-refractivity contribution in [2.24, 2.45) is 0 Å². The lowest BCUT2D eigenvalue weighted by Gasteiger charge is -2.33. The van der Waals surface area contributed by atoms with E-state index in [0.29, 0.717) is 0 Å². The van der Waals surface area contributed by atoms with E-state index in [1.165, 1.54) is 0 Å². The Morgan fingerprint density at radius 3 is 2.52 bits per heavy atom. The summed E-state index contributed by atoms with van der Waals surface area (Å²) < 4.78 is 67.2. The maximum Gasteiger partial charge on any atom is 0.416 e. The van der Waals surface area contributed by atoms with Crippen LogP contribution in [0.5, 0.6) is 0 Å². The van der Waals surface area contributed by atoms with Crippen molar-refractivity contribution in [2.75, 3.05) is 4.90 Å². The van der Waals surface area contributed by atoms with Crippen LogP contribution >= 0.6 is 23.1 Å². The molecule has 1 amide bonds. The van der Waals surface area contributed by atoms with E-state index in [-0.39, 0.29) is 32.4 Å². The molecule has 0 radical (unpaired) electrons. The molecule has 1 atom stereocenters. The third-order valence-electron chi connectivity index (χ3n) is 4.53. The van der Waals surface area contributed by atoms with Crippen LogP contribution in [0.25, 0.3) is 10.2 Å². The molecule has 0 fully saturated rings. The highest BCUT2D eigenvalue weighted by Crippen LogP contribution is 2.44. The normalized spacial score (nSPS) is 16.6. The van der Waals surface area contributed by atoms with E-state index in [1.54, 1.807) is 0 Å². The lowest BCUT2D eigenvalue weighted by Crippen LogP contribution is -2.41. The summed E-state index contributed by atoms with van der Waals surface area (Å²) in [7, 11) is 0. The average molecular weight is 474 g/mol. The number of carbonyl (C=O) groups is 2. The zero-order valence-electron chi connectivity index (χ0n) is 15.2. The predicted molar refractivity (Wildman–Crippen MR) is 104 cm³/mol. The molecular weight excluding hydrogens is 463 g/mol. The zero-order valence-corrected chi connectivity index (χ0v) is 16.9. The van der Waals surface area contributed by atoms with Crippen molar-refractivity contribution < 1.29 is 36.6 Å². The Morgan fingerprint density at radius 1 is 1.16 bits per heavy atom. The molecule has 3 aromatic rings. The van der Waals surface area contributed by atoms with Crippen molar-refractivity contribution in [3.05, 3.63) is 52.5 Å². The molecule has 0 aliphatic carbocycles. The number of hydrogen-bond donors (Lipinski definition) is 1. The summed E-state index contributed by atoms with van der Waals surface area (Å²) in [5, 5.41) is 8.09. The van der Waals surface area contributed by atoms with E-state index in [2.05, 4.69) is 4.98 Å². The van der Waals surface area contributed by atoms with Crippen molar-refractivity contribution >= 4 is 50.9 Å². The highest BCUT2D eigenvalue weighted by Gasteiger charge is 2.38. The Balaban J connectivity index is 1.77. The molecule has 1 N–H and O–H groups in total. The monoisotopic (exact) mass is 474 g/mol. The van der Waals surface area contributed by atoms with E-state index >= 15 is 0 Å². The van der Waals surface area contributed by atoms with Gasteiger partial charge in [-0.05, 0) is 30.3 Å². The largest absolute Gasteiger partial charge is 0.481 e. The van der Waals surface area contributed by atoms with Crippen LogP contribution in [0.15, 0.2) is 35.2 Å². The van der Waals surface area contributed by atoms with Gasteiger partial charge in [0, 0.05) is 4.90 Å². The van der Waals surface area contributed by atoms with Crippen LogP contribution in [0.1, 0.15) is 17.0 Å². The third-order valence-corrected chi connectivity index (χ3v) is 6.81. The fourth-order valence-corrected chi connectivity index (χ4v) is 5.37. The Labute approximate surface area is 179 Å². The summed E-state index contributed by atoms with van der Waals surface area (Å²) in [4.78, 5) is 29.3. The first-order valence-electron chi connectivity index (χ1n) is 8.69. The second kappa shape index (κ2) is 7.75. The molecule has 1 aromatic heterocycles. The summed E-state index contributed by atoms with van der Waals surface area (Å²) >= 11 is 1.55. The molecule has 0 saturated heterocycles. The number of anilines is 1. The van der Waals surface area contributed by atoms with Gasteiger partial charge < -0.3 is 10.0 Å². The Bertz CT molecular complexity index is 1170. The molecule has 5 nitrogen and oxygen atoms in total. The van der Waals surface area contributed by atoms with Crippen molar-refractivity contribution in [1.82, 2.24) is 4.98 Å². The number of thioether (sulfide) groups is 1. The number of halogens is 5. The lowest BCUT2D eigenvalue weighted by molar-refractivity contribution is -0.139. The van der Waals surface area contributed by atoms with E-state index in [4.69, 9.17) is 5.11 Å². The number of carbonyl (C=O) groups excluding carboxylic acids is 1. The van der Waals surface area contributed by atoms with Crippen molar-refractivity contribution in [3.63, 3.8) is 0 Å². The number of hydrogen-bond acceptors (Lipinski definition) is 5. The number of benzene rings is 2. The Hall–Kier alpha value is -2.73. The van der Waals surface area contributed by atoms with Gasteiger partial charge in [-0.3, -0.25) is 9.59 Å². The van der Waals surface area contributed by atoms with Gasteiger partial charge in [0.2, 0.25) is 5.91 Å². The van der Waals surface area contributed by atoms with Crippen LogP contribution in [0.4, 0.5) is 27.6 Å². The lowest BCUT2D eigenvalue weighted by atomic mass is 10.1. The fraction of sp³-hybridized carbons (Fsp3) is 0.211. The molecule has 4 rings (SSSR count). The number of carboxylic acid groups (broad SMARTS) is 1. The van der Waals surface area contributed by atoms with Gasteiger partial charge in [0.05, 0.1) is 34.2 Å². The molecule has 12 heteroatoms. The summed E-state index contributed by atoms with van der Waals surface area (Å²) in [6.07, 6.45) is -5.22. The highest BCUT2D eigenvalue weighted by molar-refractivity contribution is 8.01. The Morgan fingerprint density at radius 2 is 1.87 bits per heavy atom. The van der Waals surface area contributed by atoms with Gasteiger partial charge in [-0.2, -0.15) is 13.2 Å². The minimum absolute atomic E-state index is 0.0523. The Kier molecular flexibility index (Phi) is 5.38. The standard InChI is InChI=1S/C19H11F5N2O3S2/c20-9-2-3-10(21)17-16(9)25-14(31-17)7-26-11-4-1-8(19(22,23)24)5-12(11)30-13(18(26)29)6-15(27)28/h1-5,13H,6-7H2,(H,27,28). The van der Waals surface area contributed by atoms with Gasteiger partial charge >= 0.3 is 12.1 Å². The van der Waals surface area contributed by atoms with Gasteiger partial charge in [0.15, 0.2) is 5.82 Å². The first-order chi connectivity index (χ1) is 14.5. The minimum atomic E-state index is -4.62. The van der Waals surface area contributed by atoms with Crippen molar-refractivity contribution in [1.29, 1.82) is 0 Å². The van der Waals surface area contributed by atoms with E-state index in [1.807, 2.05) is 0 Å². The number of amides is 1. The zero-order chi connectivity index (χ0) is 22.5. The minimum Gasteiger partial charge on any atom is -0.481 e. The van der Waals surface area contributed by atoms with E-state index in [9.17, 15) is 31.5 Å². The number of fused-ring (bicyclic) bond motifs is 2. The van der Waals surface area contributed by atoms with Gasteiger partial charge in [-0.25, -0.2) is 13.8 Å². The molecule has 0 spiro atoms. The maximum atomic E-state index is 14.0. The second-order valence-corrected chi connectivity index (χ2v) is 8.95. The summed E-state index contributed by atoms with van der Waals surface area (Å²) in [6.45, 7) is -0.272. The van der Waals surface area contributed by atoms with Crippen LogP contribution in [0.2, 0.25) is 0 Å². The van der Waals surface area contributed by atoms with Gasteiger partial charge in [-0.1, -0.05) is 0 Å². The van der Waals surface area contributed by atoms with Gasteiger partial charge in [0.1, 0.15) is 16.3 Å². The second-order valence-electron chi connectivity index (χ2n) is 6.62. The summed E-state index contributed by atoms with van der Waals surface area (Å²) in [6, 6.07) is 4.65. The fourth-order valence-electron chi connectivity index (χ4n) is 3.15. The molecule has 1 aliphatic rings. The van der Waals surface area contributed by atoms with Crippen molar-refractivity contribution in [2.45, 2.75) is 29.3 Å². The topological polar surface area (TPSA) is 70.5 Å². The van der Waals surface area contributed by atoms with Gasteiger partial charge in [0.25, 0.3) is 0 Å². The van der Waals surface area contributed by atoms with Gasteiger partial charge in [-0.15, -0.1) is 23.1 Å². The van der Waals surface area contributed by atoms with E-state index < -0.39 is 46.9 Å². The van der Waals surface area contributed by atoms with E-state index in [0.717, 1.165) is 58.3 Å². The molecule has 1 unspecified atom stereocenters. The molecule has 1 aliphatic heterocycles. The van der Waals surface area contributed by atoms with Crippen LogP contribution in [0.3, 0.4) is 0 Å². The molecule has 162 valence electrons. The molecule has 2 aromatic carbocycles. The SMILES string of the molecule is O=C(O)CC1Sc2cc(C(F)(F)F)ccc2N(Cc2nc3c(F)ccc(F)c3s2)C1=O. The predicted octanol–water partition coefficient (Wildman–Crippen LogP) is 5.08. The highest BCUT2D eigenvalue weighted by atomic mass is 32.2. The van der Waals surface area contributed by atoms with Crippen LogP contribution in [-0.4, -0.2) is 27.2 Å². The molecule has 31 heavy (non-hydrogen) atoms. The first-order valence-corrected chi connectivity index (χ1v) is 10.4. The summed E-state index contributed by atoms with van der Waals surface area (Å²) in [5.74, 6) is -3.37. The maximum absolute atomic E-state index is 14.0. The number of aliphatic carboxylic acids is 1. The number of nitrogens with zero attached hydrogens (tertiary/aromatic N) is 2. The number of alkyl halides is 3. The summed E-state index contributed by atoms with van der Waals surface area (Å²) in [5.41, 5.74) is -1.01. The van der Waals surface area contributed by atoms with Crippen LogP contribution in [-0.2, 0) is 22.3 Å². The number of thiazole rings is 1. The van der Waals surface area contributed by atoms with Crippen LogP contribution in [0, 0.1) is 11.6 Å². The third kappa shape index (κ3) is 4.09. The first kappa shape index (κ1) is 21.5. The molecule has 0 bridgehead atoms. The average Bonchev–Trinajstić information content (AvgIpc) is 3.12. The number of rotatable bonds is 4. The molecule has 0 saturated carbocycles.